The van der Waals surface area contributed by atoms with E-state index >= 15 is 0 Å². The van der Waals surface area contributed by atoms with Crippen molar-refractivity contribution in [1.29, 1.82) is 0 Å². The molecule has 1 amide bonds. The fraction of sp³-hybridized carbons (Fsp3) is 0.286. The zero-order valence-corrected chi connectivity index (χ0v) is 15.6. The van der Waals surface area contributed by atoms with E-state index in [-0.39, 0.29) is 12.5 Å². The number of likely N-dealkylation sites (N-methyl/N-ethyl adjacent to an activating group) is 1. The molecule has 2 aromatic rings. The lowest BCUT2D eigenvalue weighted by Gasteiger charge is -2.19. The summed E-state index contributed by atoms with van der Waals surface area (Å²) >= 11 is 0. The van der Waals surface area contributed by atoms with Gasteiger partial charge in [0.1, 0.15) is 0 Å². The van der Waals surface area contributed by atoms with E-state index < -0.39 is 0 Å². The molecule has 0 radical (unpaired) electrons. The standard InChI is InChI=1S/C21H26N2O3/c1-4-8-17-11-12-19(20(15-17)25-3)26-16-21(24)22-13-14-23(2)18-9-6-5-7-10-18/h4-12,15H,13-14,16H2,1-3H3,(H,22,24)/b8-4+. The van der Waals surface area contributed by atoms with E-state index in [9.17, 15) is 4.79 Å². The molecule has 0 spiro atoms. The van der Waals surface area contributed by atoms with Crippen molar-refractivity contribution in [3.05, 3.63) is 60.2 Å². The van der Waals surface area contributed by atoms with E-state index in [4.69, 9.17) is 9.47 Å². The third-order valence-corrected chi connectivity index (χ3v) is 3.87. The molecule has 5 nitrogen and oxygen atoms in total. The summed E-state index contributed by atoms with van der Waals surface area (Å²) in [6.07, 6.45) is 3.93. The van der Waals surface area contributed by atoms with Crippen LogP contribution in [0.15, 0.2) is 54.6 Å². The van der Waals surface area contributed by atoms with Crippen LogP contribution in [0.1, 0.15) is 12.5 Å². The van der Waals surface area contributed by atoms with Gasteiger partial charge < -0.3 is 19.7 Å². The highest BCUT2D eigenvalue weighted by Gasteiger charge is 2.08. The van der Waals surface area contributed by atoms with Crippen LogP contribution in [-0.2, 0) is 4.79 Å². The second-order valence-corrected chi connectivity index (χ2v) is 5.81. The third kappa shape index (κ3) is 5.84. The van der Waals surface area contributed by atoms with Crippen molar-refractivity contribution in [3.8, 4) is 11.5 Å². The van der Waals surface area contributed by atoms with Gasteiger partial charge in [-0.15, -0.1) is 0 Å². The molecule has 138 valence electrons. The van der Waals surface area contributed by atoms with E-state index in [0.717, 1.165) is 17.8 Å². The molecule has 0 fully saturated rings. The van der Waals surface area contributed by atoms with Crippen LogP contribution < -0.4 is 19.7 Å². The van der Waals surface area contributed by atoms with E-state index in [1.165, 1.54) is 0 Å². The van der Waals surface area contributed by atoms with Crippen molar-refractivity contribution in [3.63, 3.8) is 0 Å². The first-order valence-electron chi connectivity index (χ1n) is 8.60. The Morgan fingerprint density at radius 3 is 2.62 bits per heavy atom. The Morgan fingerprint density at radius 2 is 1.92 bits per heavy atom. The Morgan fingerprint density at radius 1 is 1.15 bits per heavy atom. The molecule has 0 saturated heterocycles. The molecular weight excluding hydrogens is 328 g/mol. The lowest BCUT2D eigenvalue weighted by Crippen LogP contribution is -2.35. The fourth-order valence-corrected chi connectivity index (χ4v) is 2.47. The van der Waals surface area contributed by atoms with Crippen molar-refractivity contribution in [2.45, 2.75) is 6.92 Å². The van der Waals surface area contributed by atoms with E-state index in [1.54, 1.807) is 7.11 Å². The number of nitrogens with zero attached hydrogens (tertiary/aromatic N) is 1. The largest absolute Gasteiger partial charge is 0.493 e. The molecule has 0 atom stereocenters. The lowest BCUT2D eigenvalue weighted by atomic mass is 10.2. The Hall–Kier alpha value is -2.95. The Labute approximate surface area is 155 Å². The van der Waals surface area contributed by atoms with Crippen LogP contribution in [0.4, 0.5) is 5.69 Å². The van der Waals surface area contributed by atoms with Gasteiger partial charge in [-0.1, -0.05) is 36.4 Å². The third-order valence-electron chi connectivity index (χ3n) is 3.87. The molecule has 2 rings (SSSR count). The summed E-state index contributed by atoms with van der Waals surface area (Å²) in [5, 5.41) is 2.87. The molecule has 0 aliphatic carbocycles. The zero-order chi connectivity index (χ0) is 18.8. The maximum Gasteiger partial charge on any atom is 0.258 e. The number of para-hydroxylation sites is 1. The smallest absolute Gasteiger partial charge is 0.258 e. The summed E-state index contributed by atoms with van der Waals surface area (Å²) in [6.45, 7) is 3.17. The van der Waals surface area contributed by atoms with Gasteiger partial charge in [0, 0.05) is 25.8 Å². The molecule has 0 unspecified atom stereocenters. The summed E-state index contributed by atoms with van der Waals surface area (Å²) in [7, 11) is 3.58. The zero-order valence-electron chi connectivity index (χ0n) is 15.6. The molecule has 1 N–H and O–H groups in total. The first kappa shape index (κ1) is 19.4. The highest BCUT2D eigenvalue weighted by molar-refractivity contribution is 5.77. The van der Waals surface area contributed by atoms with E-state index in [1.807, 2.05) is 74.7 Å². The summed E-state index contributed by atoms with van der Waals surface area (Å²) in [6, 6.07) is 15.6. The van der Waals surface area contributed by atoms with Gasteiger partial charge in [0.2, 0.25) is 0 Å². The van der Waals surface area contributed by atoms with Gasteiger partial charge in [0.15, 0.2) is 18.1 Å². The Kier molecular flexibility index (Phi) is 7.55. The number of anilines is 1. The average Bonchev–Trinajstić information content (AvgIpc) is 2.67. The number of hydrogen-bond acceptors (Lipinski definition) is 4. The van der Waals surface area contributed by atoms with Gasteiger partial charge in [-0.25, -0.2) is 0 Å². The van der Waals surface area contributed by atoms with Crippen LogP contribution in [0, 0.1) is 0 Å². The molecule has 0 bridgehead atoms. The number of nitrogens with one attached hydrogen (secondary N) is 1. The lowest BCUT2D eigenvalue weighted by molar-refractivity contribution is -0.123. The van der Waals surface area contributed by atoms with Crippen molar-refractivity contribution in [2.24, 2.45) is 0 Å². The van der Waals surface area contributed by atoms with Crippen LogP contribution in [-0.4, -0.2) is 39.8 Å². The minimum absolute atomic E-state index is 0.0472. The first-order chi connectivity index (χ1) is 12.6. The Balaban J connectivity index is 1.78. The number of carbonyl (C=O) groups excluding carboxylic acids is 1. The predicted octanol–water partition coefficient (Wildman–Crippen LogP) is 3.36. The minimum atomic E-state index is -0.161. The number of carbonyl (C=O) groups is 1. The van der Waals surface area contributed by atoms with Crippen LogP contribution in [0.2, 0.25) is 0 Å². The first-order valence-corrected chi connectivity index (χ1v) is 8.60. The monoisotopic (exact) mass is 354 g/mol. The summed E-state index contributed by atoms with van der Waals surface area (Å²) in [5.74, 6) is 1.00. The average molecular weight is 354 g/mol. The number of hydrogen-bond donors (Lipinski definition) is 1. The molecule has 0 aliphatic heterocycles. The maximum atomic E-state index is 12.0. The fourth-order valence-electron chi connectivity index (χ4n) is 2.47. The summed E-state index contributed by atoms with van der Waals surface area (Å²) in [4.78, 5) is 14.1. The number of benzene rings is 2. The van der Waals surface area contributed by atoms with Gasteiger partial charge in [-0.2, -0.15) is 0 Å². The minimum Gasteiger partial charge on any atom is -0.493 e. The van der Waals surface area contributed by atoms with Gasteiger partial charge in [0.05, 0.1) is 7.11 Å². The van der Waals surface area contributed by atoms with Crippen LogP contribution in [0.25, 0.3) is 6.08 Å². The van der Waals surface area contributed by atoms with Crippen LogP contribution in [0.5, 0.6) is 11.5 Å². The Bertz CT molecular complexity index is 729. The molecule has 0 aliphatic rings. The topological polar surface area (TPSA) is 50.8 Å². The number of methoxy groups -OCH3 is 1. The van der Waals surface area contributed by atoms with Gasteiger partial charge >= 0.3 is 0 Å². The van der Waals surface area contributed by atoms with Gasteiger partial charge in [-0.3, -0.25) is 4.79 Å². The van der Waals surface area contributed by atoms with Crippen LogP contribution >= 0.6 is 0 Å². The predicted molar refractivity (Wildman–Crippen MR) is 106 cm³/mol. The van der Waals surface area contributed by atoms with Crippen LogP contribution in [0.3, 0.4) is 0 Å². The van der Waals surface area contributed by atoms with Gasteiger partial charge in [-0.05, 0) is 36.8 Å². The van der Waals surface area contributed by atoms with Crippen molar-refractivity contribution in [1.82, 2.24) is 5.32 Å². The molecule has 0 saturated carbocycles. The normalized spacial score (nSPS) is 10.6. The number of rotatable bonds is 9. The SMILES string of the molecule is C/C=C/c1ccc(OCC(=O)NCCN(C)c2ccccc2)c(OC)c1. The number of ether oxygens (including phenoxy) is 2. The van der Waals surface area contributed by atoms with Crippen molar-refractivity contribution >= 4 is 17.7 Å². The summed E-state index contributed by atoms with van der Waals surface area (Å²) in [5.41, 5.74) is 2.13. The number of allylic oxidation sites excluding steroid dienone is 1. The summed E-state index contributed by atoms with van der Waals surface area (Å²) < 4.78 is 10.9. The second-order valence-electron chi connectivity index (χ2n) is 5.81. The van der Waals surface area contributed by atoms with Crippen molar-refractivity contribution < 1.29 is 14.3 Å². The maximum absolute atomic E-state index is 12.0. The molecule has 0 heterocycles. The molecule has 5 heteroatoms. The quantitative estimate of drug-likeness (QED) is 0.750. The second kappa shape index (κ2) is 10.1. The van der Waals surface area contributed by atoms with Crippen molar-refractivity contribution in [2.75, 3.05) is 38.8 Å². The molecule has 2 aromatic carbocycles. The van der Waals surface area contributed by atoms with Gasteiger partial charge in [0.25, 0.3) is 5.91 Å². The highest BCUT2D eigenvalue weighted by Crippen LogP contribution is 2.28. The number of amides is 1. The van der Waals surface area contributed by atoms with E-state index in [0.29, 0.717) is 18.0 Å². The highest BCUT2D eigenvalue weighted by atomic mass is 16.5. The molecular formula is C21H26N2O3. The molecule has 0 aromatic heterocycles. The van der Waals surface area contributed by atoms with E-state index in [2.05, 4.69) is 10.2 Å². The molecule has 26 heavy (non-hydrogen) atoms.